The predicted octanol–water partition coefficient (Wildman–Crippen LogP) is 5.03. The van der Waals surface area contributed by atoms with Crippen LogP contribution in [0.3, 0.4) is 0 Å². The van der Waals surface area contributed by atoms with E-state index in [9.17, 15) is 0 Å². The van der Waals surface area contributed by atoms with E-state index < -0.39 is 0 Å². The van der Waals surface area contributed by atoms with Gasteiger partial charge in [-0.25, -0.2) is 24.6 Å². The van der Waals surface area contributed by atoms with Crippen LogP contribution >= 0.6 is 0 Å². The molecule has 0 amide bonds. The Balaban J connectivity index is 1.48. The van der Waals surface area contributed by atoms with E-state index in [0.717, 1.165) is 45.0 Å². The highest BCUT2D eigenvalue weighted by molar-refractivity contribution is 5.87. The summed E-state index contributed by atoms with van der Waals surface area (Å²) in [6.45, 7) is 6.43. The molecule has 164 valence electrons. The lowest BCUT2D eigenvalue weighted by Crippen LogP contribution is -2.04. The fourth-order valence-electron chi connectivity index (χ4n) is 3.70. The van der Waals surface area contributed by atoms with Crippen molar-refractivity contribution in [2.75, 3.05) is 11.9 Å². The van der Waals surface area contributed by atoms with Gasteiger partial charge in [0.2, 0.25) is 11.9 Å². The third-order valence-corrected chi connectivity index (χ3v) is 5.25. The van der Waals surface area contributed by atoms with Crippen LogP contribution in [0.25, 0.3) is 27.8 Å². The molecule has 3 heterocycles. The van der Waals surface area contributed by atoms with Crippen molar-refractivity contribution in [1.82, 2.24) is 29.7 Å². The molecule has 0 atom stereocenters. The van der Waals surface area contributed by atoms with Crippen molar-refractivity contribution < 1.29 is 4.74 Å². The van der Waals surface area contributed by atoms with Gasteiger partial charge in [-0.2, -0.15) is 5.10 Å². The second kappa shape index (κ2) is 8.66. The Morgan fingerprint density at radius 1 is 0.879 bits per heavy atom. The fourth-order valence-corrected chi connectivity index (χ4v) is 3.70. The van der Waals surface area contributed by atoms with Gasteiger partial charge in [-0.1, -0.05) is 30.3 Å². The van der Waals surface area contributed by atoms with Gasteiger partial charge in [0.25, 0.3) is 0 Å². The number of hydrogen-bond acceptors (Lipinski definition) is 7. The van der Waals surface area contributed by atoms with E-state index >= 15 is 0 Å². The Bertz CT molecular complexity index is 1430. The number of benzene rings is 2. The topological polar surface area (TPSA) is 90.6 Å². The quantitative estimate of drug-likeness (QED) is 0.398. The summed E-state index contributed by atoms with van der Waals surface area (Å²) >= 11 is 0. The van der Waals surface area contributed by atoms with Gasteiger partial charge in [-0.05, 0) is 45.0 Å². The molecule has 3 aromatic heterocycles. The summed E-state index contributed by atoms with van der Waals surface area (Å²) in [5.74, 6) is 1.55. The second-order valence-corrected chi connectivity index (χ2v) is 7.52. The summed E-state index contributed by atoms with van der Waals surface area (Å²) in [5, 5.41) is 8.74. The average Bonchev–Trinajstić information content (AvgIpc) is 3.22. The standard InChI is InChI=1S/C25H23N7O/c1-4-33-22-12-8-11-19-16(2)27-25(29-23(19)22)30-24-26-14-13-21(28-24)20-15-32(31-17(20)3)18-9-6-5-7-10-18/h5-15H,4H2,1-3H3,(H,26,27,28,29,30). The summed E-state index contributed by atoms with van der Waals surface area (Å²) in [5.41, 5.74) is 5.16. The zero-order chi connectivity index (χ0) is 22.8. The maximum Gasteiger partial charge on any atom is 0.230 e. The van der Waals surface area contributed by atoms with E-state index in [1.165, 1.54) is 0 Å². The van der Waals surface area contributed by atoms with Crippen LogP contribution in [0, 0.1) is 13.8 Å². The van der Waals surface area contributed by atoms with Gasteiger partial charge < -0.3 is 4.74 Å². The molecule has 0 aliphatic heterocycles. The lowest BCUT2D eigenvalue weighted by molar-refractivity contribution is 0.343. The Morgan fingerprint density at radius 3 is 2.55 bits per heavy atom. The number of aryl methyl sites for hydroxylation is 2. The summed E-state index contributed by atoms with van der Waals surface area (Å²) in [7, 11) is 0. The van der Waals surface area contributed by atoms with Gasteiger partial charge in [0.1, 0.15) is 11.3 Å². The molecule has 5 aromatic rings. The largest absolute Gasteiger partial charge is 0.492 e. The summed E-state index contributed by atoms with van der Waals surface area (Å²) in [6, 6.07) is 17.7. The van der Waals surface area contributed by atoms with Crippen LogP contribution in [0.4, 0.5) is 11.9 Å². The number of nitrogens with one attached hydrogen (secondary N) is 1. The first-order valence-electron chi connectivity index (χ1n) is 10.7. The zero-order valence-electron chi connectivity index (χ0n) is 18.6. The van der Waals surface area contributed by atoms with E-state index in [-0.39, 0.29) is 0 Å². The molecule has 0 fully saturated rings. The lowest BCUT2D eigenvalue weighted by Gasteiger charge is -2.11. The maximum atomic E-state index is 5.75. The van der Waals surface area contributed by atoms with Crippen molar-refractivity contribution in [3.63, 3.8) is 0 Å². The molecule has 0 saturated carbocycles. The smallest absolute Gasteiger partial charge is 0.230 e. The van der Waals surface area contributed by atoms with E-state index in [1.807, 2.05) is 86.2 Å². The number of rotatable bonds is 6. The molecule has 0 bridgehead atoms. The average molecular weight is 438 g/mol. The van der Waals surface area contributed by atoms with Crippen molar-refractivity contribution in [2.45, 2.75) is 20.8 Å². The molecule has 0 unspecified atom stereocenters. The van der Waals surface area contributed by atoms with Gasteiger partial charge in [0.05, 0.1) is 29.4 Å². The van der Waals surface area contributed by atoms with Crippen LogP contribution in [-0.4, -0.2) is 36.3 Å². The van der Waals surface area contributed by atoms with Crippen LogP contribution in [0.5, 0.6) is 5.75 Å². The number of aromatic nitrogens is 6. The predicted molar refractivity (Wildman–Crippen MR) is 128 cm³/mol. The molecule has 0 spiro atoms. The number of hydrogen-bond donors (Lipinski definition) is 1. The summed E-state index contributed by atoms with van der Waals surface area (Å²) in [6.07, 6.45) is 3.69. The third-order valence-electron chi connectivity index (χ3n) is 5.25. The second-order valence-electron chi connectivity index (χ2n) is 7.52. The zero-order valence-corrected chi connectivity index (χ0v) is 18.6. The Hall–Kier alpha value is -4.33. The SMILES string of the molecule is CCOc1cccc2c(C)nc(Nc3nccc(-c4cn(-c5ccccc5)nc4C)n3)nc12. The first-order chi connectivity index (χ1) is 16.1. The molecular weight excluding hydrogens is 414 g/mol. The molecule has 0 aliphatic carbocycles. The van der Waals surface area contributed by atoms with E-state index in [2.05, 4.69) is 30.4 Å². The molecule has 0 radical (unpaired) electrons. The first kappa shape index (κ1) is 20.6. The van der Waals surface area contributed by atoms with E-state index in [0.29, 0.717) is 18.5 Å². The highest BCUT2D eigenvalue weighted by Gasteiger charge is 2.13. The van der Waals surface area contributed by atoms with Crippen molar-refractivity contribution in [1.29, 1.82) is 0 Å². The molecule has 8 heteroatoms. The molecular formula is C25H23N7O. The van der Waals surface area contributed by atoms with E-state index in [1.54, 1.807) is 6.20 Å². The number of fused-ring (bicyclic) bond motifs is 1. The molecule has 8 nitrogen and oxygen atoms in total. The normalized spacial score (nSPS) is 11.0. The van der Waals surface area contributed by atoms with Crippen LogP contribution in [0.1, 0.15) is 18.3 Å². The lowest BCUT2D eigenvalue weighted by atomic mass is 10.2. The first-order valence-corrected chi connectivity index (χ1v) is 10.7. The van der Waals surface area contributed by atoms with Gasteiger partial charge in [-0.3, -0.25) is 5.32 Å². The molecule has 0 aliphatic rings. The molecule has 5 rings (SSSR count). The molecule has 2 aromatic carbocycles. The van der Waals surface area contributed by atoms with Crippen molar-refractivity contribution in [2.24, 2.45) is 0 Å². The van der Waals surface area contributed by atoms with Crippen molar-refractivity contribution in [3.8, 4) is 22.7 Å². The van der Waals surface area contributed by atoms with Crippen LogP contribution in [0.15, 0.2) is 67.0 Å². The maximum absolute atomic E-state index is 5.75. The summed E-state index contributed by atoms with van der Waals surface area (Å²) in [4.78, 5) is 18.3. The van der Waals surface area contributed by atoms with Crippen molar-refractivity contribution in [3.05, 3.63) is 78.4 Å². The van der Waals surface area contributed by atoms with Crippen LogP contribution in [0.2, 0.25) is 0 Å². The number of para-hydroxylation sites is 2. The van der Waals surface area contributed by atoms with Crippen molar-refractivity contribution >= 4 is 22.8 Å². The molecule has 0 saturated heterocycles. The number of ether oxygens (including phenoxy) is 1. The Kier molecular flexibility index (Phi) is 5.40. The monoisotopic (exact) mass is 437 g/mol. The van der Waals surface area contributed by atoms with Gasteiger partial charge in [0, 0.05) is 23.3 Å². The minimum absolute atomic E-state index is 0.409. The minimum Gasteiger partial charge on any atom is -0.492 e. The van der Waals surface area contributed by atoms with Crippen LogP contribution < -0.4 is 10.1 Å². The number of nitrogens with zero attached hydrogens (tertiary/aromatic N) is 6. The molecule has 33 heavy (non-hydrogen) atoms. The Labute approximate surface area is 191 Å². The Morgan fingerprint density at radius 2 is 1.73 bits per heavy atom. The minimum atomic E-state index is 0.409. The van der Waals surface area contributed by atoms with Gasteiger partial charge >= 0.3 is 0 Å². The number of anilines is 2. The fraction of sp³-hybridized carbons (Fsp3) is 0.160. The highest BCUT2D eigenvalue weighted by atomic mass is 16.5. The third kappa shape index (κ3) is 4.10. The van der Waals surface area contributed by atoms with Gasteiger partial charge in [-0.15, -0.1) is 0 Å². The summed E-state index contributed by atoms with van der Waals surface area (Å²) < 4.78 is 7.60. The highest BCUT2D eigenvalue weighted by Crippen LogP contribution is 2.28. The van der Waals surface area contributed by atoms with Crippen LogP contribution in [-0.2, 0) is 0 Å². The van der Waals surface area contributed by atoms with Gasteiger partial charge in [0.15, 0.2) is 0 Å². The molecule has 1 N–H and O–H groups in total. The van der Waals surface area contributed by atoms with E-state index in [4.69, 9.17) is 4.74 Å².